The van der Waals surface area contributed by atoms with E-state index in [1.807, 2.05) is 63.9 Å². The molecule has 0 fully saturated rings. The molecule has 0 spiro atoms. The van der Waals surface area contributed by atoms with E-state index in [0.29, 0.717) is 13.2 Å². The zero-order valence-corrected chi connectivity index (χ0v) is 17.3. The second-order valence-corrected chi connectivity index (χ2v) is 8.14. The van der Waals surface area contributed by atoms with Crippen LogP contribution in [0.1, 0.15) is 44.4 Å². The third-order valence-electron chi connectivity index (χ3n) is 4.66. The Balaban J connectivity index is 1.72. The Morgan fingerprint density at radius 2 is 2.11 bits per heavy atom. The van der Waals surface area contributed by atoms with Crippen molar-refractivity contribution >= 4 is 17.6 Å². The lowest BCUT2D eigenvalue weighted by Gasteiger charge is -2.28. The van der Waals surface area contributed by atoms with Crippen LogP contribution in [0.4, 0.5) is 16.3 Å². The Labute approximate surface area is 166 Å². The summed E-state index contributed by atoms with van der Waals surface area (Å²) >= 11 is 0. The number of rotatable bonds is 4. The molecular formula is C22H29N3O3. The van der Waals surface area contributed by atoms with Gasteiger partial charge in [0, 0.05) is 37.0 Å². The lowest BCUT2D eigenvalue weighted by atomic mass is 9.92. The number of carbonyl (C=O) groups is 1. The van der Waals surface area contributed by atoms with Crippen molar-refractivity contribution in [2.75, 3.05) is 25.1 Å². The minimum atomic E-state index is -0.499. The normalized spacial score (nSPS) is 16.0. The molecule has 28 heavy (non-hydrogen) atoms. The van der Waals surface area contributed by atoms with E-state index < -0.39 is 5.60 Å². The maximum Gasteiger partial charge on any atom is 0.407 e. The van der Waals surface area contributed by atoms with Crippen molar-refractivity contribution in [2.24, 2.45) is 0 Å². The SMILES string of the molecule is Cc1cccc(N(C)c2ccc3c(c2)OCC[C@H]3CNC(=O)OC(C)(C)C)n1. The van der Waals surface area contributed by atoms with Gasteiger partial charge in [0.15, 0.2) is 0 Å². The fourth-order valence-corrected chi connectivity index (χ4v) is 3.24. The van der Waals surface area contributed by atoms with Crippen LogP contribution < -0.4 is 15.0 Å². The minimum absolute atomic E-state index is 0.202. The van der Waals surface area contributed by atoms with Crippen LogP contribution in [0.2, 0.25) is 0 Å². The van der Waals surface area contributed by atoms with E-state index in [4.69, 9.17) is 9.47 Å². The number of aromatic nitrogens is 1. The Kier molecular flexibility index (Phi) is 5.77. The number of anilines is 2. The number of alkyl carbamates (subject to hydrolysis) is 1. The zero-order chi connectivity index (χ0) is 20.3. The summed E-state index contributed by atoms with van der Waals surface area (Å²) in [5.74, 6) is 1.95. The van der Waals surface area contributed by atoms with Crippen LogP contribution in [-0.4, -0.2) is 36.9 Å². The number of fused-ring (bicyclic) bond motifs is 1. The molecule has 0 radical (unpaired) electrons. The first-order chi connectivity index (χ1) is 13.2. The highest BCUT2D eigenvalue weighted by atomic mass is 16.6. The number of ether oxygens (including phenoxy) is 2. The van der Waals surface area contributed by atoms with Crippen LogP contribution in [0.5, 0.6) is 5.75 Å². The van der Waals surface area contributed by atoms with Crippen LogP contribution in [0, 0.1) is 6.92 Å². The van der Waals surface area contributed by atoms with E-state index in [2.05, 4.69) is 22.4 Å². The zero-order valence-electron chi connectivity index (χ0n) is 17.3. The highest BCUT2D eigenvalue weighted by molar-refractivity contribution is 5.68. The molecule has 0 saturated carbocycles. The molecule has 2 heterocycles. The van der Waals surface area contributed by atoms with E-state index in [0.717, 1.165) is 34.9 Å². The number of hydrogen-bond donors (Lipinski definition) is 1. The predicted octanol–water partition coefficient (Wildman–Crippen LogP) is 4.55. The lowest BCUT2D eigenvalue weighted by Crippen LogP contribution is -2.35. The van der Waals surface area contributed by atoms with Gasteiger partial charge in [-0.1, -0.05) is 12.1 Å². The van der Waals surface area contributed by atoms with Gasteiger partial charge >= 0.3 is 6.09 Å². The molecule has 0 saturated heterocycles. The van der Waals surface area contributed by atoms with Crippen LogP contribution in [-0.2, 0) is 4.74 Å². The third kappa shape index (κ3) is 4.94. The van der Waals surface area contributed by atoms with Crippen molar-refractivity contribution in [1.82, 2.24) is 10.3 Å². The van der Waals surface area contributed by atoms with Crippen LogP contribution in [0.15, 0.2) is 36.4 Å². The number of amides is 1. The van der Waals surface area contributed by atoms with Crippen molar-refractivity contribution in [3.63, 3.8) is 0 Å². The molecule has 0 bridgehead atoms. The molecule has 1 amide bonds. The van der Waals surface area contributed by atoms with Crippen molar-refractivity contribution in [1.29, 1.82) is 0 Å². The second kappa shape index (κ2) is 8.09. The standard InChI is InChI=1S/C22H29N3O3/c1-15-7-6-8-20(24-15)25(5)17-9-10-18-16(11-12-27-19(18)13-17)14-23-21(26)28-22(2,3)4/h6-10,13,16H,11-12,14H2,1-5H3,(H,23,26)/t16-/m0/s1. The summed E-state index contributed by atoms with van der Waals surface area (Å²) in [5.41, 5.74) is 2.60. The van der Waals surface area contributed by atoms with E-state index in [1.54, 1.807) is 0 Å². The molecular weight excluding hydrogens is 354 g/mol. The molecule has 1 atom stereocenters. The van der Waals surface area contributed by atoms with Crippen molar-refractivity contribution in [3.8, 4) is 5.75 Å². The van der Waals surface area contributed by atoms with Gasteiger partial charge in [-0.3, -0.25) is 0 Å². The summed E-state index contributed by atoms with van der Waals surface area (Å²) in [6.07, 6.45) is 0.472. The van der Waals surface area contributed by atoms with Crippen LogP contribution >= 0.6 is 0 Å². The number of hydrogen-bond acceptors (Lipinski definition) is 5. The van der Waals surface area contributed by atoms with Gasteiger partial charge in [0.25, 0.3) is 0 Å². The maximum absolute atomic E-state index is 12.0. The number of nitrogens with one attached hydrogen (secondary N) is 1. The summed E-state index contributed by atoms with van der Waals surface area (Å²) in [7, 11) is 1.99. The number of carbonyl (C=O) groups excluding carboxylic acids is 1. The molecule has 3 rings (SSSR count). The molecule has 0 aliphatic carbocycles. The Morgan fingerprint density at radius 1 is 1.32 bits per heavy atom. The van der Waals surface area contributed by atoms with E-state index in [-0.39, 0.29) is 12.0 Å². The summed E-state index contributed by atoms with van der Waals surface area (Å²) < 4.78 is 11.2. The van der Waals surface area contributed by atoms with Gasteiger partial charge < -0.3 is 19.7 Å². The summed E-state index contributed by atoms with van der Waals surface area (Å²) in [6.45, 7) is 8.71. The Bertz CT molecular complexity index is 845. The number of pyridine rings is 1. The molecule has 6 nitrogen and oxygen atoms in total. The molecule has 1 aliphatic heterocycles. The molecule has 1 N–H and O–H groups in total. The maximum atomic E-state index is 12.0. The second-order valence-electron chi connectivity index (χ2n) is 8.14. The van der Waals surface area contributed by atoms with Crippen LogP contribution in [0.25, 0.3) is 0 Å². The Morgan fingerprint density at radius 3 is 2.82 bits per heavy atom. The minimum Gasteiger partial charge on any atom is -0.493 e. The third-order valence-corrected chi connectivity index (χ3v) is 4.66. The highest BCUT2D eigenvalue weighted by Gasteiger charge is 2.24. The molecule has 150 valence electrons. The monoisotopic (exact) mass is 383 g/mol. The van der Waals surface area contributed by atoms with Crippen molar-refractivity contribution in [3.05, 3.63) is 47.7 Å². The molecule has 0 unspecified atom stereocenters. The molecule has 1 aromatic carbocycles. The van der Waals surface area contributed by atoms with Crippen LogP contribution in [0.3, 0.4) is 0 Å². The fraction of sp³-hybridized carbons (Fsp3) is 0.455. The number of benzene rings is 1. The first-order valence-corrected chi connectivity index (χ1v) is 9.64. The van der Waals surface area contributed by atoms with Gasteiger partial charge in [0.2, 0.25) is 0 Å². The van der Waals surface area contributed by atoms with Gasteiger partial charge in [0.05, 0.1) is 6.61 Å². The summed E-state index contributed by atoms with van der Waals surface area (Å²) in [4.78, 5) is 18.6. The van der Waals surface area contributed by atoms with Gasteiger partial charge in [-0.25, -0.2) is 9.78 Å². The fourth-order valence-electron chi connectivity index (χ4n) is 3.24. The number of nitrogens with zero attached hydrogens (tertiary/aromatic N) is 2. The van der Waals surface area contributed by atoms with E-state index in [9.17, 15) is 4.79 Å². The van der Waals surface area contributed by atoms with Gasteiger partial charge in [-0.2, -0.15) is 0 Å². The topological polar surface area (TPSA) is 63.7 Å². The first kappa shape index (κ1) is 20.0. The smallest absolute Gasteiger partial charge is 0.407 e. The first-order valence-electron chi connectivity index (χ1n) is 9.64. The van der Waals surface area contributed by atoms with Gasteiger partial charge in [-0.05, 0) is 57.9 Å². The molecule has 2 aromatic rings. The molecule has 1 aliphatic rings. The van der Waals surface area contributed by atoms with E-state index in [1.165, 1.54) is 0 Å². The Hall–Kier alpha value is -2.76. The van der Waals surface area contributed by atoms with Crippen molar-refractivity contribution in [2.45, 2.75) is 45.6 Å². The largest absolute Gasteiger partial charge is 0.493 e. The molecule has 6 heteroatoms. The average Bonchev–Trinajstić information content (AvgIpc) is 2.64. The predicted molar refractivity (Wildman–Crippen MR) is 111 cm³/mol. The average molecular weight is 383 g/mol. The summed E-state index contributed by atoms with van der Waals surface area (Å²) in [6, 6.07) is 12.2. The van der Waals surface area contributed by atoms with Gasteiger partial charge in [-0.15, -0.1) is 0 Å². The van der Waals surface area contributed by atoms with Crippen molar-refractivity contribution < 1.29 is 14.3 Å². The summed E-state index contributed by atoms with van der Waals surface area (Å²) in [5, 5.41) is 2.88. The van der Waals surface area contributed by atoms with E-state index >= 15 is 0 Å². The quantitative estimate of drug-likeness (QED) is 0.839. The highest BCUT2D eigenvalue weighted by Crippen LogP contribution is 2.37. The lowest BCUT2D eigenvalue weighted by molar-refractivity contribution is 0.0521. The number of aryl methyl sites for hydroxylation is 1. The molecule has 1 aromatic heterocycles. The van der Waals surface area contributed by atoms with Gasteiger partial charge in [0.1, 0.15) is 17.2 Å².